The minimum absolute atomic E-state index is 0.271. The first-order valence-corrected chi connectivity index (χ1v) is 4.56. The lowest BCUT2D eigenvalue weighted by Gasteiger charge is -2.21. The molecule has 0 radical (unpaired) electrons. The maximum Gasteiger partial charge on any atom is 0.0928 e. The van der Waals surface area contributed by atoms with Gasteiger partial charge in [0.2, 0.25) is 0 Å². The number of nitriles is 1. The predicted octanol–water partition coefficient (Wildman–Crippen LogP) is 1.04. The molecular formula is C9H16N2O. The molecule has 68 valence electrons. The Balaban J connectivity index is 2.10. The molecule has 1 saturated heterocycles. The van der Waals surface area contributed by atoms with Gasteiger partial charge in [0.05, 0.1) is 12.1 Å². The molecule has 0 aromatic rings. The number of nitrogens with two attached hydrogens (primary N) is 1. The quantitative estimate of drug-likeness (QED) is 0.685. The zero-order valence-electron chi connectivity index (χ0n) is 7.33. The Hall–Kier alpha value is -0.590. The Morgan fingerprint density at radius 3 is 2.75 bits per heavy atom. The maximum absolute atomic E-state index is 8.46. The van der Waals surface area contributed by atoms with Gasteiger partial charge in [0, 0.05) is 13.2 Å². The van der Waals surface area contributed by atoms with Gasteiger partial charge in [-0.15, -0.1) is 0 Å². The van der Waals surface area contributed by atoms with Crippen LogP contribution in [0.25, 0.3) is 0 Å². The van der Waals surface area contributed by atoms with E-state index in [1.165, 1.54) is 0 Å². The van der Waals surface area contributed by atoms with Crippen LogP contribution in [-0.4, -0.2) is 19.3 Å². The minimum atomic E-state index is -0.271. The summed E-state index contributed by atoms with van der Waals surface area (Å²) < 4.78 is 5.24. The SMILES string of the molecule is N#CC(N)CCC1CCOCC1. The second kappa shape index (κ2) is 5.13. The predicted molar refractivity (Wildman–Crippen MR) is 46.4 cm³/mol. The third-order valence-corrected chi connectivity index (χ3v) is 2.39. The van der Waals surface area contributed by atoms with Crippen molar-refractivity contribution in [3.05, 3.63) is 0 Å². The highest BCUT2D eigenvalue weighted by Crippen LogP contribution is 2.20. The average molecular weight is 168 g/mol. The van der Waals surface area contributed by atoms with E-state index >= 15 is 0 Å². The maximum atomic E-state index is 8.46. The molecule has 1 heterocycles. The largest absolute Gasteiger partial charge is 0.381 e. The van der Waals surface area contributed by atoms with E-state index in [9.17, 15) is 0 Å². The van der Waals surface area contributed by atoms with E-state index in [4.69, 9.17) is 15.7 Å². The molecule has 1 unspecified atom stereocenters. The average Bonchev–Trinajstić information content (AvgIpc) is 2.16. The number of hydrogen-bond acceptors (Lipinski definition) is 3. The first-order valence-electron chi connectivity index (χ1n) is 4.56. The molecule has 1 atom stereocenters. The summed E-state index contributed by atoms with van der Waals surface area (Å²) in [4.78, 5) is 0. The molecule has 0 saturated carbocycles. The van der Waals surface area contributed by atoms with Gasteiger partial charge in [-0.3, -0.25) is 0 Å². The van der Waals surface area contributed by atoms with Crippen LogP contribution < -0.4 is 5.73 Å². The summed E-state index contributed by atoms with van der Waals surface area (Å²) in [6.45, 7) is 1.76. The van der Waals surface area contributed by atoms with Gasteiger partial charge in [-0.05, 0) is 31.6 Å². The summed E-state index contributed by atoms with van der Waals surface area (Å²) in [5, 5.41) is 8.46. The molecular weight excluding hydrogens is 152 g/mol. The van der Waals surface area contributed by atoms with E-state index in [0.717, 1.165) is 44.8 Å². The van der Waals surface area contributed by atoms with E-state index in [2.05, 4.69) is 6.07 Å². The molecule has 0 aromatic heterocycles. The Labute approximate surface area is 73.5 Å². The molecule has 2 N–H and O–H groups in total. The standard InChI is InChI=1S/C9H16N2O/c10-7-9(11)2-1-8-3-5-12-6-4-8/h8-9H,1-6,11H2. The molecule has 3 nitrogen and oxygen atoms in total. The van der Waals surface area contributed by atoms with E-state index in [0.29, 0.717) is 0 Å². The van der Waals surface area contributed by atoms with E-state index < -0.39 is 0 Å². The molecule has 0 bridgehead atoms. The van der Waals surface area contributed by atoms with Crippen LogP contribution in [0.1, 0.15) is 25.7 Å². The van der Waals surface area contributed by atoms with Gasteiger partial charge in [0.15, 0.2) is 0 Å². The van der Waals surface area contributed by atoms with Crippen LogP contribution in [0.5, 0.6) is 0 Å². The second-order valence-electron chi connectivity index (χ2n) is 3.37. The molecule has 1 rings (SSSR count). The van der Waals surface area contributed by atoms with Gasteiger partial charge in [-0.25, -0.2) is 0 Å². The molecule has 0 aliphatic carbocycles. The summed E-state index contributed by atoms with van der Waals surface area (Å²) in [5.74, 6) is 0.734. The fourth-order valence-electron chi connectivity index (χ4n) is 1.51. The number of hydrogen-bond donors (Lipinski definition) is 1. The van der Waals surface area contributed by atoms with Crippen LogP contribution in [-0.2, 0) is 4.74 Å². The van der Waals surface area contributed by atoms with Crippen LogP contribution in [0.2, 0.25) is 0 Å². The number of rotatable bonds is 3. The summed E-state index contributed by atoms with van der Waals surface area (Å²) in [6, 6.07) is 1.78. The summed E-state index contributed by atoms with van der Waals surface area (Å²) in [6.07, 6.45) is 4.19. The van der Waals surface area contributed by atoms with Crippen molar-refractivity contribution < 1.29 is 4.74 Å². The van der Waals surface area contributed by atoms with E-state index in [1.54, 1.807) is 0 Å². The zero-order valence-corrected chi connectivity index (χ0v) is 7.33. The van der Waals surface area contributed by atoms with Crippen molar-refractivity contribution >= 4 is 0 Å². The van der Waals surface area contributed by atoms with E-state index in [-0.39, 0.29) is 6.04 Å². The highest BCUT2D eigenvalue weighted by atomic mass is 16.5. The molecule has 3 heteroatoms. The third-order valence-electron chi connectivity index (χ3n) is 2.39. The molecule has 0 spiro atoms. The van der Waals surface area contributed by atoms with Crippen LogP contribution in [0.4, 0.5) is 0 Å². The van der Waals surface area contributed by atoms with Gasteiger partial charge < -0.3 is 10.5 Å². The normalized spacial score (nSPS) is 21.7. The van der Waals surface area contributed by atoms with Crippen LogP contribution in [0.3, 0.4) is 0 Å². The van der Waals surface area contributed by atoms with Crippen molar-refractivity contribution in [1.82, 2.24) is 0 Å². The van der Waals surface area contributed by atoms with Gasteiger partial charge in [0.25, 0.3) is 0 Å². The van der Waals surface area contributed by atoms with E-state index in [1.807, 2.05) is 0 Å². The second-order valence-corrected chi connectivity index (χ2v) is 3.37. The fraction of sp³-hybridized carbons (Fsp3) is 0.889. The Bertz CT molecular complexity index is 158. The highest BCUT2D eigenvalue weighted by Gasteiger charge is 2.14. The third kappa shape index (κ3) is 3.21. The summed E-state index contributed by atoms with van der Waals surface area (Å²) in [7, 11) is 0. The fourth-order valence-corrected chi connectivity index (χ4v) is 1.51. The topological polar surface area (TPSA) is 59.0 Å². The molecule has 0 amide bonds. The van der Waals surface area contributed by atoms with Gasteiger partial charge >= 0.3 is 0 Å². The van der Waals surface area contributed by atoms with Crippen LogP contribution in [0.15, 0.2) is 0 Å². The molecule has 0 aromatic carbocycles. The highest BCUT2D eigenvalue weighted by molar-refractivity contribution is 4.86. The Morgan fingerprint density at radius 1 is 1.50 bits per heavy atom. The zero-order chi connectivity index (χ0) is 8.81. The lowest BCUT2D eigenvalue weighted by atomic mass is 9.93. The molecule has 1 aliphatic heterocycles. The van der Waals surface area contributed by atoms with Crippen molar-refractivity contribution in [2.45, 2.75) is 31.7 Å². The summed E-state index contributed by atoms with van der Waals surface area (Å²) >= 11 is 0. The van der Waals surface area contributed by atoms with Crippen LogP contribution in [0, 0.1) is 17.2 Å². The van der Waals surface area contributed by atoms with Gasteiger partial charge in [-0.2, -0.15) is 5.26 Å². The first-order chi connectivity index (χ1) is 5.83. The molecule has 12 heavy (non-hydrogen) atoms. The Morgan fingerprint density at radius 2 is 2.17 bits per heavy atom. The monoisotopic (exact) mass is 168 g/mol. The minimum Gasteiger partial charge on any atom is -0.381 e. The first kappa shape index (κ1) is 9.50. The Kier molecular flexibility index (Phi) is 4.06. The van der Waals surface area contributed by atoms with Crippen LogP contribution >= 0.6 is 0 Å². The molecule has 1 fully saturated rings. The number of nitrogens with zero attached hydrogens (tertiary/aromatic N) is 1. The smallest absolute Gasteiger partial charge is 0.0928 e. The lowest BCUT2D eigenvalue weighted by molar-refractivity contribution is 0.0631. The van der Waals surface area contributed by atoms with Gasteiger partial charge in [-0.1, -0.05) is 0 Å². The van der Waals surface area contributed by atoms with Gasteiger partial charge in [0.1, 0.15) is 0 Å². The lowest BCUT2D eigenvalue weighted by Crippen LogP contribution is -2.21. The van der Waals surface area contributed by atoms with Crippen molar-refractivity contribution in [2.24, 2.45) is 11.7 Å². The summed E-state index contributed by atoms with van der Waals surface area (Å²) in [5.41, 5.74) is 5.50. The van der Waals surface area contributed by atoms with Crippen molar-refractivity contribution in [3.63, 3.8) is 0 Å². The van der Waals surface area contributed by atoms with Crippen molar-refractivity contribution in [1.29, 1.82) is 5.26 Å². The number of ether oxygens (including phenoxy) is 1. The van der Waals surface area contributed by atoms with Crippen molar-refractivity contribution in [3.8, 4) is 6.07 Å². The molecule has 1 aliphatic rings. The van der Waals surface area contributed by atoms with Crippen molar-refractivity contribution in [2.75, 3.05) is 13.2 Å².